The third-order valence-electron chi connectivity index (χ3n) is 4.07. The molecule has 158 valence electrons. The minimum Gasteiger partial charge on any atom is -0.336 e. The topological polar surface area (TPSA) is 97.1 Å². The lowest BCUT2D eigenvalue weighted by Crippen LogP contribution is -2.10. The summed E-state index contributed by atoms with van der Waals surface area (Å²) in [6.45, 7) is 1.28. The largest absolute Gasteiger partial charge is 0.433 e. The van der Waals surface area contributed by atoms with Gasteiger partial charge in [-0.25, -0.2) is 23.9 Å². The van der Waals surface area contributed by atoms with Gasteiger partial charge in [0.05, 0.1) is 11.9 Å². The Morgan fingerprint density at radius 2 is 1.94 bits per heavy atom. The van der Waals surface area contributed by atoms with Gasteiger partial charge in [-0.1, -0.05) is 6.07 Å². The molecule has 0 radical (unpaired) electrons. The van der Waals surface area contributed by atoms with E-state index in [9.17, 15) is 22.4 Å². The van der Waals surface area contributed by atoms with Crippen molar-refractivity contribution in [2.75, 3.05) is 10.6 Å². The van der Waals surface area contributed by atoms with Crippen molar-refractivity contribution in [2.24, 2.45) is 0 Å². The molecule has 0 atom stereocenters. The standard InChI is InChI=1S/C19H13F4N7O/c1-10(31)25-16-8-13(11(20)9-24-16)27-18-14-5-3-7-30(14)29-17(28-18)12-4-2-6-15(26-12)19(21,22)23/h2-9H,1H3,(H2,24,25,27,28,29,31). The van der Waals surface area contributed by atoms with Crippen LogP contribution in [0.25, 0.3) is 17.0 Å². The fraction of sp³-hybridized carbons (Fsp3) is 0.105. The van der Waals surface area contributed by atoms with Crippen LogP contribution >= 0.6 is 0 Å². The maximum Gasteiger partial charge on any atom is 0.433 e. The molecule has 12 heteroatoms. The molecule has 1 amide bonds. The van der Waals surface area contributed by atoms with Crippen LogP contribution in [0.4, 0.5) is 34.9 Å². The van der Waals surface area contributed by atoms with Gasteiger partial charge in [0.15, 0.2) is 11.6 Å². The Balaban J connectivity index is 1.78. The van der Waals surface area contributed by atoms with Crippen molar-refractivity contribution in [3.8, 4) is 11.5 Å². The number of nitrogens with one attached hydrogen (secondary N) is 2. The van der Waals surface area contributed by atoms with Gasteiger partial charge in [0.1, 0.15) is 22.7 Å². The number of fused-ring (bicyclic) bond motifs is 1. The first-order chi connectivity index (χ1) is 14.7. The number of alkyl halides is 3. The van der Waals surface area contributed by atoms with E-state index in [0.29, 0.717) is 5.52 Å². The Kier molecular flexibility index (Phi) is 4.97. The first kappa shape index (κ1) is 20.2. The number of anilines is 3. The number of amides is 1. The zero-order valence-electron chi connectivity index (χ0n) is 15.8. The van der Waals surface area contributed by atoms with Crippen molar-refractivity contribution >= 4 is 28.7 Å². The van der Waals surface area contributed by atoms with E-state index in [1.54, 1.807) is 18.3 Å². The highest BCUT2D eigenvalue weighted by molar-refractivity contribution is 5.88. The molecule has 0 aliphatic heterocycles. The Labute approximate surface area is 172 Å². The molecule has 4 aromatic heterocycles. The molecule has 0 aromatic carbocycles. The maximum absolute atomic E-state index is 14.3. The smallest absolute Gasteiger partial charge is 0.336 e. The van der Waals surface area contributed by atoms with Gasteiger partial charge in [0, 0.05) is 19.2 Å². The fourth-order valence-electron chi connectivity index (χ4n) is 2.76. The first-order valence-electron chi connectivity index (χ1n) is 8.81. The molecule has 0 saturated carbocycles. The molecular formula is C19H13F4N7O. The van der Waals surface area contributed by atoms with E-state index < -0.39 is 17.7 Å². The lowest BCUT2D eigenvalue weighted by atomic mass is 10.3. The van der Waals surface area contributed by atoms with Gasteiger partial charge in [-0.15, -0.1) is 5.10 Å². The number of carbonyl (C=O) groups excluding carboxylic acids is 1. The lowest BCUT2D eigenvalue weighted by Gasteiger charge is -2.12. The lowest BCUT2D eigenvalue weighted by molar-refractivity contribution is -0.141. The van der Waals surface area contributed by atoms with E-state index in [2.05, 4.69) is 30.7 Å². The summed E-state index contributed by atoms with van der Waals surface area (Å²) in [4.78, 5) is 22.8. The van der Waals surface area contributed by atoms with E-state index in [1.165, 1.54) is 29.6 Å². The summed E-state index contributed by atoms with van der Waals surface area (Å²) < 4.78 is 54.8. The van der Waals surface area contributed by atoms with Crippen LogP contribution in [0.3, 0.4) is 0 Å². The molecular weight excluding hydrogens is 418 g/mol. The van der Waals surface area contributed by atoms with Crippen LogP contribution in [0.1, 0.15) is 12.6 Å². The molecule has 31 heavy (non-hydrogen) atoms. The van der Waals surface area contributed by atoms with Crippen molar-refractivity contribution < 1.29 is 22.4 Å². The quantitative estimate of drug-likeness (QED) is 0.474. The van der Waals surface area contributed by atoms with Crippen LogP contribution in [0.5, 0.6) is 0 Å². The van der Waals surface area contributed by atoms with Crippen LogP contribution in [0.2, 0.25) is 0 Å². The summed E-state index contributed by atoms with van der Waals surface area (Å²) >= 11 is 0. The SMILES string of the molecule is CC(=O)Nc1cc(Nc2nc(-c3cccc(C(F)(F)F)n3)nn3cccc23)c(F)cn1. The van der Waals surface area contributed by atoms with E-state index in [0.717, 1.165) is 12.3 Å². The third kappa shape index (κ3) is 4.27. The fourth-order valence-corrected chi connectivity index (χ4v) is 2.76. The summed E-state index contributed by atoms with van der Waals surface area (Å²) in [5.41, 5.74) is -0.810. The van der Waals surface area contributed by atoms with Crippen LogP contribution in [0.15, 0.2) is 48.8 Å². The normalized spacial score (nSPS) is 11.5. The van der Waals surface area contributed by atoms with Gasteiger partial charge in [0.2, 0.25) is 11.7 Å². The Hall–Kier alpha value is -4.09. The predicted molar refractivity (Wildman–Crippen MR) is 103 cm³/mol. The number of hydrogen-bond donors (Lipinski definition) is 2. The molecule has 8 nitrogen and oxygen atoms in total. The Morgan fingerprint density at radius 3 is 2.68 bits per heavy atom. The van der Waals surface area contributed by atoms with Crippen molar-refractivity contribution in [2.45, 2.75) is 13.1 Å². The number of carbonyl (C=O) groups is 1. The summed E-state index contributed by atoms with van der Waals surface area (Å²) in [6, 6.07) is 7.92. The average molecular weight is 431 g/mol. The number of hydrogen-bond acceptors (Lipinski definition) is 6. The average Bonchev–Trinajstić information content (AvgIpc) is 3.18. The molecule has 0 aliphatic rings. The van der Waals surface area contributed by atoms with Gasteiger partial charge in [0.25, 0.3) is 0 Å². The van der Waals surface area contributed by atoms with Crippen molar-refractivity contribution in [1.29, 1.82) is 0 Å². The van der Waals surface area contributed by atoms with Crippen LogP contribution in [0, 0.1) is 5.82 Å². The van der Waals surface area contributed by atoms with Gasteiger partial charge in [-0.05, 0) is 24.3 Å². The number of rotatable bonds is 4. The Morgan fingerprint density at radius 1 is 1.13 bits per heavy atom. The van der Waals surface area contributed by atoms with Crippen molar-refractivity contribution in [3.63, 3.8) is 0 Å². The highest BCUT2D eigenvalue weighted by Gasteiger charge is 2.32. The van der Waals surface area contributed by atoms with Crippen LogP contribution in [-0.4, -0.2) is 30.5 Å². The van der Waals surface area contributed by atoms with Crippen LogP contribution < -0.4 is 10.6 Å². The molecule has 0 saturated heterocycles. The highest BCUT2D eigenvalue weighted by Crippen LogP contribution is 2.30. The van der Waals surface area contributed by atoms with Crippen LogP contribution in [-0.2, 0) is 11.0 Å². The zero-order chi connectivity index (χ0) is 22.2. The van der Waals surface area contributed by atoms with E-state index in [4.69, 9.17) is 0 Å². The second-order valence-electron chi connectivity index (χ2n) is 6.38. The highest BCUT2D eigenvalue weighted by atomic mass is 19.4. The predicted octanol–water partition coefficient (Wildman–Crippen LogP) is 4.05. The second-order valence-corrected chi connectivity index (χ2v) is 6.38. The molecule has 4 heterocycles. The second kappa shape index (κ2) is 7.63. The summed E-state index contributed by atoms with van der Waals surface area (Å²) in [5.74, 6) is -0.992. The summed E-state index contributed by atoms with van der Waals surface area (Å²) in [7, 11) is 0. The number of pyridine rings is 2. The van der Waals surface area contributed by atoms with E-state index in [1.807, 2.05) is 0 Å². The zero-order valence-corrected chi connectivity index (χ0v) is 15.8. The third-order valence-corrected chi connectivity index (χ3v) is 4.07. The summed E-state index contributed by atoms with van der Waals surface area (Å²) in [5, 5.41) is 9.40. The van der Waals surface area contributed by atoms with Crippen molar-refractivity contribution in [3.05, 3.63) is 60.3 Å². The number of halogens is 4. The Bertz CT molecular complexity index is 1290. The van der Waals surface area contributed by atoms with E-state index >= 15 is 0 Å². The van der Waals surface area contributed by atoms with Gasteiger partial charge >= 0.3 is 6.18 Å². The maximum atomic E-state index is 14.3. The monoisotopic (exact) mass is 431 g/mol. The van der Waals surface area contributed by atoms with E-state index in [-0.39, 0.29) is 34.7 Å². The molecule has 0 spiro atoms. The number of aromatic nitrogens is 5. The first-order valence-corrected chi connectivity index (χ1v) is 8.81. The molecule has 0 aliphatic carbocycles. The van der Waals surface area contributed by atoms with Crippen molar-refractivity contribution in [1.82, 2.24) is 24.6 Å². The minimum atomic E-state index is -4.63. The molecule has 4 aromatic rings. The molecule has 0 fully saturated rings. The minimum absolute atomic E-state index is 0.0523. The molecule has 0 bridgehead atoms. The van der Waals surface area contributed by atoms with Gasteiger partial charge in [-0.2, -0.15) is 13.2 Å². The molecule has 2 N–H and O–H groups in total. The summed E-state index contributed by atoms with van der Waals surface area (Å²) in [6.07, 6.45) is -2.15. The molecule has 0 unspecified atom stereocenters. The molecule has 4 rings (SSSR count). The van der Waals surface area contributed by atoms with Gasteiger partial charge < -0.3 is 10.6 Å². The van der Waals surface area contributed by atoms with Gasteiger partial charge in [-0.3, -0.25) is 4.79 Å². The number of nitrogens with zero attached hydrogens (tertiary/aromatic N) is 5.